The summed E-state index contributed by atoms with van der Waals surface area (Å²) in [5, 5.41) is 1.55. The maximum atomic E-state index is 13.1. The molecule has 0 aliphatic carbocycles. The van der Waals surface area contributed by atoms with E-state index in [1.807, 2.05) is 6.07 Å². The molecule has 0 amide bonds. The van der Waals surface area contributed by atoms with Crippen molar-refractivity contribution in [2.24, 2.45) is 5.84 Å². The Morgan fingerprint density at radius 1 is 1.50 bits per heavy atom. The fourth-order valence-electron chi connectivity index (χ4n) is 2.32. The van der Waals surface area contributed by atoms with E-state index in [-0.39, 0.29) is 17.8 Å². The average Bonchev–Trinajstić information content (AvgIpc) is 2.28. The molecule has 1 aromatic carbocycles. The van der Waals surface area contributed by atoms with E-state index in [1.54, 1.807) is 11.1 Å². The molecule has 1 fully saturated rings. The topological polar surface area (TPSA) is 46.3 Å². The van der Waals surface area contributed by atoms with Gasteiger partial charge in [-0.15, -0.1) is 0 Å². The zero-order valence-corrected chi connectivity index (χ0v) is 8.97. The van der Waals surface area contributed by atoms with E-state index in [9.17, 15) is 9.18 Å². The number of carbonyl (C=O) groups excluding carboxylic acids is 1. The molecule has 0 aromatic heterocycles. The molecule has 3 nitrogen and oxygen atoms in total. The Labute approximate surface area is 94.0 Å². The molecule has 4 heteroatoms. The molecular weight excluding hydrogens is 207 g/mol. The second-order valence-electron chi connectivity index (χ2n) is 4.17. The fourth-order valence-corrected chi connectivity index (χ4v) is 2.32. The van der Waals surface area contributed by atoms with Crippen LogP contribution in [0, 0.1) is 5.82 Å². The van der Waals surface area contributed by atoms with Crippen molar-refractivity contribution in [1.82, 2.24) is 5.01 Å². The minimum Gasteiger partial charge on any atom is -0.302 e. The van der Waals surface area contributed by atoms with E-state index in [2.05, 4.69) is 0 Å². The van der Waals surface area contributed by atoms with Crippen molar-refractivity contribution in [2.75, 3.05) is 6.54 Å². The number of nitrogens with zero attached hydrogens (tertiary/aromatic N) is 1. The van der Waals surface area contributed by atoms with Crippen molar-refractivity contribution >= 4 is 6.29 Å². The standard InChI is InChI=1S/C12H15FN2O/c13-10-4-1-3-9(7-10)11-5-2-6-15(14)12(11)8-16/h1,3-4,7-8,11-12H,2,5-6,14H2. The second-order valence-corrected chi connectivity index (χ2v) is 4.17. The first kappa shape index (κ1) is 11.2. The maximum absolute atomic E-state index is 13.1. The summed E-state index contributed by atoms with van der Waals surface area (Å²) in [6, 6.07) is 6.07. The molecule has 2 unspecified atom stereocenters. The van der Waals surface area contributed by atoms with E-state index in [1.165, 1.54) is 12.1 Å². The Balaban J connectivity index is 2.27. The van der Waals surface area contributed by atoms with Gasteiger partial charge in [-0.3, -0.25) is 5.84 Å². The predicted octanol–water partition coefficient (Wildman–Crippen LogP) is 1.45. The number of rotatable bonds is 2. The molecular formula is C12H15FN2O. The summed E-state index contributed by atoms with van der Waals surface area (Å²) < 4.78 is 13.1. The first-order valence-electron chi connectivity index (χ1n) is 5.44. The lowest BCUT2D eigenvalue weighted by atomic mass is 9.85. The van der Waals surface area contributed by atoms with Gasteiger partial charge in [0.2, 0.25) is 0 Å². The van der Waals surface area contributed by atoms with Gasteiger partial charge < -0.3 is 4.79 Å². The number of carbonyl (C=O) groups is 1. The highest BCUT2D eigenvalue weighted by molar-refractivity contribution is 5.60. The lowest BCUT2D eigenvalue weighted by molar-refractivity contribution is -0.114. The second kappa shape index (κ2) is 4.72. The third kappa shape index (κ3) is 2.13. The fraction of sp³-hybridized carbons (Fsp3) is 0.417. The summed E-state index contributed by atoms with van der Waals surface area (Å²) >= 11 is 0. The molecule has 2 N–H and O–H groups in total. The average molecular weight is 222 g/mol. The minimum atomic E-state index is -0.337. The summed E-state index contributed by atoms with van der Waals surface area (Å²) in [7, 11) is 0. The van der Waals surface area contributed by atoms with Gasteiger partial charge in [0.05, 0.1) is 6.04 Å². The number of aldehydes is 1. The summed E-state index contributed by atoms with van der Waals surface area (Å²) in [5.41, 5.74) is 0.854. The van der Waals surface area contributed by atoms with Crippen LogP contribution >= 0.6 is 0 Å². The van der Waals surface area contributed by atoms with E-state index in [0.29, 0.717) is 0 Å². The van der Waals surface area contributed by atoms with Crippen molar-refractivity contribution in [3.8, 4) is 0 Å². The molecule has 0 spiro atoms. The van der Waals surface area contributed by atoms with Crippen LogP contribution in [0.4, 0.5) is 4.39 Å². The van der Waals surface area contributed by atoms with Gasteiger partial charge in [0.15, 0.2) is 0 Å². The molecule has 0 radical (unpaired) electrons. The van der Waals surface area contributed by atoms with Crippen molar-refractivity contribution in [3.05, 3.63) is 35.6 Å². The number of hydrazine groups is 1. The largest absolute Gasteiger partial charge is 0.302 e. The van der Waals surface area contributed by atoms with Crippen LogP contribution in [0.3, 0.4) is 0 Å². The zero-order valence-electron chi connectivity index (χ0n) is 8.97. The number of hydrogen-bond donors (Lipinski definition) is 1. The number of piperidine rings is 1. The Hall–Kier alpha value is -1.26. The van der Waals surface area contributed by atoms with E-state index >= 15 is 0 Å². The van der Waals surface area contributed by atoms with Crippen LogP contribution in [-0.4, -0.2) is 23.9 Å². The first-order chi connectivity index (χ1) is 7.72. The summed E-state index contributed by atoms with van der Waals surface area (Å²) in [4.78, 5) is 11.0. The van der Waals surface area contributed by atoms with Crippen LogP contribution in [0.5, 0.6) is 0 Å². The summed E-state index contributed by atoms with van der Waals surface area (Å²) in [6.45, 7) is 0.717. The zero-order chi connectivity index (χ0) is 11.5. The smallest absolute Gasteiger partial charge is 0.139 e. The molecule has 1 heterocycles. The third-order valence-electron chi connectivity index (χ3n) is 3.14. The molecule has 86 valence electrons. The molecule has 2 rings (SSSR count). The van der Waals surface area contributed by atoms with Crippen molar-refractivity contribution in [1.29, 1.82) is 0 Å². The van der Waals surface area contributed by atoms with Gasteiger partial charge in [-0.1, -0.05) is 12.1 Å². The van der Waals surface area contributed by atoms with Crippen LogP contribution in [0.15, 0.2) is 24.3 Å². The van der Waals surface area contributed by atoms with E-state index in [0.717, 1.165) is 31.2 Å². The van der Waals surface area contributed by atoms with Gasteiger partial charge in [-0.2, -0.15) is 0 Å². The van der Waals surface area contributed by atoms with Crippen molar-refractivity contribution < 1.29 is 9.18 Å². The highest BCUT2D eigenvalue weighted by Gasteiger charge is 2.30. The van der Waals surface area contributed by atoms with Crippen LogP contribution in [0.1, 0.15) is 24.3 Å². The van der Waals surface area contributed by atoms with Crippen molar-refractivity contribution in [2.45, 2.75) is 24.8 Å². The summed E-state index contributed by atoms with van der Waals surface area (Å²) in [5.74, 6) is 5.50. The Morgan fingerprint density at radius 2 is 2.31 bits per heavy atom. The number of nitrogens with two attached hydrogens (primary N) is 1. The first-order valence-corrected chi connectivity index (χ1v) is 5.44. The van der Waals surface area contributed by atoms with Gasteiger partial charge in [-0.05, 0) is 30.5 Å². The van der Waals surface area contributed by atoms with Gasteiger partial charge in [-0.25, -0.2) is 9.40 Å². The van der Waals surface area contributed by atoms with Gasteiger partial charge in [0.25, 0.3) is 0 Å². The summed E-state index contributed by atoms with van der Waals surface area (Å²) in [6.07, 6.45) is 2.66. The van der Waals surface area contributed by atoms with Crippen LogP contribution in [-0.2, 0) is 4.79 Å². The highest BCUT2D eigenvalue weighted by Crippen LogP contribution is 2.30. The quantitative estimate of drug-likeness (QED) is 0.608. The Morgan fingerprint density at radius 3 is 3.00 bits per heavy atom. The molecule has 16 heavy (non-hydrogen) atoms. The highest BCUT2D eigenvalue weighted by atomic mass is 19.1. The lowest BCUT2D eigenvalue weighted by Crippen LogP contribution is -2.49. The van der Waals surface area contributed by atoms with Gasteiger partial charge in [0, 0.05) is 12.5 Å². The van der Waals surface area contributed by atoms with Gasteiger partial charge in [0.1, 0.15) is 12.1 Å². The molecule has 0 bridgehead atoms. The monoisotopic (exact) mass is 222 g/mol. The molecule has 2 atom stereocenters. The molecule has 1 aromatic rings. The third-order valence-corrected chi connectivity index (χ3v) is 3.14. The lowest BCUT2D eigenvalue weighted by Gasteiger charge is -2.35. The Bertz CT molecular complexity index is 383. The molecule has 1 aliphatic rings. The normalized spacial score (nSPS) is 26.6. The molecule has 1 aliphatic heterocycles. The van der Waals surface area contributed by atoms with Crippen LogP contribution in [0.2, 0.25) is 0 Å². The van der Waals surface area contributed by atoms with E-state index in [4.69, 9.17) is 5.84 Å². The minimum absolute atomic E-state index is 0.00644. The number of hydrogen-bond acceptors (Lipinski definition) is 3. The van der Waals surface area contributed by atoms with Crippen LogP contribution < -0.4 is 5.84 Å². The van der Waals surface area contributed by atoms with Gasteiger partial charge >= 0.3 is 0 Å². The van der Waals surface area contributed by atoms with Crippen LogP contribution in [0.25, 0.3) is 0 Å². The number of halogens is 1. The number of benzene rings is 1. The predicted molar refractivity (Wildman–Crippen MR) is 59.1 cm³/mol. The van der Waals surface area contributed by atoms with E-state index < -0.39 is 0 Å². The SMILES string of the molecule is NN1CCCC(c2cccc(F)c2)C1C=O. The van der Waals surface area contributed by atoms with Crippen molar-refractivity contribution in [3.63, 3.8) is 0 Å². The Kier molecular flexibility index (Phi) is 3.31. The maximum Gasteiger partial charge on any atom is 0.139 e. The molecule has 1 saturated heterocycles. The molecule has 0 saturated carbocycles.